The SMILES string of the molecule is Cc1ccc(Cl)cc1NC(=O)C(Sc1cccc(NC(=S)Nc2ccccc2)c1)c1ccccc1. The number of rotatable bonds is 7. The summed E-state index contributed by atoms with van der Waals surface area (Å²) in [6.07, 6.45) is 0. The summed E-state index contributed by atoms with van der Waals surface area (Å²) in [5.41, 5.74) is 4.31. The average Bonchev–Trinajstić information content (AvgIpc) is 2.86. The fourth-order valence-electron chi connectivity index (χ4n) is 3.43. The van der Waals surface area contributed by atoms with E-state index in [0.29, 0.717) is 15.8 Å². The van der Waals surface area contributed by atoms with Gasteiger partial charge in [0, 0.05) is 27.0 Å². The molecule has 0 saturated carbocycles. The number of hydrogen-bond acceptors (Lipinski definition) is 3. The molecule has 4 aromatic rings. The summed E-state index contributed by atoms with van der Waals surface area (Å²) in [7, 11) is 0. The van der Waals surface area contributed by atoms with Crippen LogP contribution in [0.2, 0.25) is 5.02 Å². The maximum absolute atomic E-state index is 13.4. The van der Waals surface area contributed by atoms with Gasteiger partial charge in [0.25, 0.3) is 0 Å². The number of para-hydroxylation sites is 1. The van der Waals surface area contributed by atoms with Gasteiger partial charge in [0.1, 0.15) is 5.25 Å². The Balaban J connectivity index is 1.52. The van der Waals surface area contributed by atoms with Crippen LogP contribution in [0.15, 0.2) is 108 Å². The first-order valence-corrected chi connectivity index (χ1v) is 12.7. The Hall–Kier alpha value is -3.32. The van der Waals surface area contributed by atoms with Gasteiger partial charge in [0.2, 0.25) is 5.91 Å². The Bertz CT molecular complexity index is 1320. The van der Waals surface area contributed by atoms with Gasteiger partial charge >= 0.3 is 0 Å². The van der Waals surface area contributed by atoms with E-state index < -0.39 is 5.25 Å². The van der Waals surface area contributed by atoms with E-state index >= 15 is 0 Å². The molecule has 4 aromatic carbocycles. The number of halogens is 1. The quantitative estimate of drug-likeness (QED) is 0.172. The normalized spacial score (nSPS) is 11.4. The first-order chi connectivity index (χ1) is 17.0. The van der Waals surface area contributed by atoms with Crippen molar-refractivity contribution in [3.63, 3.8) is 0 Å². The number of aryl methyl sites for hydroxylation is 1. The predicted molar refractivity (Wildman–Crippen MR) is 153 cm³/mol. The van der Waals surface area contributed by atoms with Crippen LogP contribution in [0.5, 0.6) is 0 Å². The standard InChI is InChI=1S/C28H24ClN3OS2/c1-19-15-16-21(29)17-25(19)32-27(33)26(20-9-4-2-5-10-20)35-24-14-8-13-23(18-24)31-28(34)30-22-11-6-3-7-12-22/h2-18,26H,1H3,(H,32,33)(H2,30,31,34). The van der Waals surface area contributed by atoms with Gasteiger partial charge in [-0.2, -0.15) is 0 Å². The Morgan fingerprint density at radius 2 is 1.46 bits per heavy atom. The lowest BCUT2D eigenvalue weighted by molar-refractivity contribution is -0.115. The van der Waals surface area contributed by atoms with Crippen LogP contribution < -0.4 is 16.0 Å². The molecule has 0 saturated heterocycles. The minimum absolute atomic E-state index is 0.119. The third kappa shape index (κ3) is 7.09. The van der Waals surface area contributed by atoms with Gasteiger partial charge in [0.05, 0.1) is 0 Å². The second-order valence-electron chi connectivity index (χ2n) is 7.83. The topological polar surface area (TPSA) is 53.2 Å². The van der Waals surface area contributed by atoms with Crippen LogP contribution in [0.4, 0.5) is 17.1 Å². The van der Waals surface area contributed by atoms with E-state index in [9.17, 15) is 4.79 Å². The zero-order valence-corrected chi connectivity index (χ0v) is 21.4. The summed E-state index contributed by atoms with van der Waals surface area (Å²) in [4.78, 5) is 14.4. The lowest BCUT2D eigenvalue weighted by Crippen LogP contribution is -2.20. The van der Waals surface area contributed by atoms with Crippen molar-refractivity contribution in [1.29, 1.82) is 0 Å². The summed E-state index contributed by atoms with van der Waals surface area (Å²) in [5.74, 6) is -0.119. The van der Waals surface area contributed by atoms with Gasteiger partial charge in [0.15, 0.2) is 5.11 Å². The summed E-state index contributed by atoms with van der Waals surface area (Å²) in [5, 5.41) is 10.1. The minimum Gasteiger partial charge on any atom is -0.332 e. The Morgan fingerprint density at radius 3 is 2.20 bits per heavy atom. The molecule has 0 spiro atoms. The smallest absolute Gasteiger partial charge is 0.242 e. The Kier molecular flexibility index (Phi) is 8.42. The van der Waals surface area contributed by atoms with Crippen LogP contribution in [0.25, 0.3) is 0 Å². The van der Waals surface area contributed by atoms with Crippen LogP contribution in [0.3, 0.4) is 0 Å². The molecule has 0 aliphatic carbocycles. The van der Waals surface area contributed by atoms with Crippen LogP contribution in [-0.2, 0) is 4.79 Å². The van der Waals surface area contributed by atoms with Gasteiger partial charge in [-0.3, -0.25) is 4.79 Å². The molecule has 0 aromatic heterocycles. The molecule has 3 N–H and O–H groups in total. The third-order valence-electron chi connectivity index (χ3n) is 5.18. The van der Waals surface area contributed by atoms with Crippen molar-refractivity contribution in [3.05, 3.63) is 119 Å². The molecule has 7 heteroatoms. The molecule has 0 aliphatic rings. The fourth-order valence-corrected chi connectivity index (χ4v) is 4.92. The number of hydrogen-bond donors (Lipinski definition) is 3. The van der Waals surface area contributed by atoms with Gasteiger partial charge in [-0.05, 0) is 72.7 Å². The largest absolute Gasteiger partial charge is 0.332 e. The molecule has 4 rings (SSSR count). The molecule has 0 heterocycles. The lowest BCUT2D eigenvalue weighted by Gasteiger charge is -2.19. The highest BCUT2D eigenvalue weighted by Gasteiger charge is 2.23. The Labute approximate surface area is 220 Å². The molecule has 0 radical (unpaired) electrons. The number of benzene rings is 4. The summed E-state index contributed by atoms with van der Waals surface area (Å²) < 4.78 is 0. The van der Waals surface area contributed by atoms with Crippen LogP contribution in [0.1, 0.15) is 16.4 Å². The van der Waals surface area contributed by atoms with E-state index in [1.54, 1.807) is 6.07 Å². The van der Waals surface area contributed by atoms with Gasteiger partial charge in [-0.15, -0.1) is 11.8 Å². The first kappa shape index (κ1) is 24.8. The van der Waals surface area contributed by atoms with Crippen molar-refractivity contribution in [1.82, 2.24) is 0 Å². The van der Waals surface area contributed by atoms with Crippen molar-refractivity contribution in [2.24, 2.45) is 0 Å². The number of thioether (sulfide) groups is 1. The molecule has 1 atom stereocenters. The number of carbonyl (C=O) groups is 1. The summed E-state index contributed by atoms with van der Waals surface area (Å²) >= 11 is 13.1. The van der Waals surface area contributed by atoms with E-state index in [0.717, 1.165) is 27.4 Å². The highest BCUT2D eigenvalue weighted by Crippen LogP contribution is 2.37. The molecular formula is C28H24ClN3OS2. The second kappa shape index (κ2) is 11.9. The van der Waals surface area contributed by atoms with Crippen molar-refractivity contribution in [3.8, 4) is 0 Å². The van der Waals surface area contributed by atoms with E-state index in [1.807, 2.05) is 104 Å². The van der Waals surface area contributed by atoms with Gasteiger partial charge < -0.3 is 16.0 Å². The monoisotopic (exact) mass is 517 g/mol. The molecule has 176 valence electrons. The minimum atomic E-state index is -0.459. The molecule has 35 heavy (non-hydrogen) atoms. The van der Waals surface area contributed by atoms with Crippen LogP contribution in [-0.4, -0.2) is 11.0 Å². The fraction of sp³-hybridized carbons (Fsp3) is 0.0714. The highest BCUT2D eigenvalue weighted by atomic mass is 35.5. The van der Waals surface area contributed by atoms with Gasteiger partial charge in [-0.25, -0.2) is 0 Å². The first-order valence-electron chi connectivity index (χ1n) is 11.0. The van der Waals surface area contributed by atoms with Crippen molar-refractivity contribution in [2.45, 2.75) is 17.1 Å². The molecule has 4 nitrogen and oxygen atoms in total. The molecule has 0 bridgehead atoms. The zero-order valence-electron chi connectivity index (χ0n) is 19.0. The average molecular weight is 518 g/mol. The van der Waals surface area contributed by atoms with Crippen molar-refractivity contribution in [2.75, 3.05) is 16.0 Å². The number of nitrogens with one attached hydrogen (secondary N) is 3. The Morgan fingerprint density at radius 1 is 0.800 bits per heavy atom. The molecular weight excluding hydrogens is 494 g/mol. The number of carbonyl (C=O) groups excluding carboxylic acids is 1. The van der Waals surface area contributed by atoms with Crippen molar-refractivity contribution < 1.29 is 4.79 Å². The van der Waals surface area contributed by atoms with Crippen LogP contribution in [0, 0.1) is 6.92 Å². The molecule has 1 amide bonds. The van der Waals surface area contributed by atoms with E-state index in [2.05, 4.69) is 16.0 Å². The van der Waals surface area contributed by atoms with E-state index in [4.69, 9.17) is 23.8 Å². The van der Waals surface area contributed by atoms with Crippen LogP contribution >= 0.6 is 35.6 Å². The maximum atomic E-state index is 13.4. The molecule has 0 aliphatic heterocycles. The molecule has 1 unspecified atom stereocenters. The maximum Gasteiger partial charge on any atom is 0.242 e. The zero-order chi connectivity index (χ0) is 24.6. The van der Waals surface area contributed by atoms with Gasteiger partial charge in [-0.1, -0.05) is 72.3 Å². The molecule has 0 fully saturated rings. The number of amides is 1. The third-order valence-corrected chi connectivity index (χ3v) is 6.86. The highest BCUT2D eigenvalue weighted by molar-refractivity contribution is 8.00. The van der Waals surface area contributed by atoms with Crippen molar-refractivity contribution >= 4 is 63.7 Å². The summed E-state index contributed by atoms with van der Waals surface area (Å²) in [6, 6.07) is 32.8. The number of anilines is 3. The second-order valence-corrected chi connectivity index (χ2v) is 9.85. The number of thiocarbonyl (C=S) groups is 1. The van der Waals surface area contributed by atoms with E-state index in [-0.39, 0.29) is 5.91 Å². The predicted octanol–water partition coefficient (Wildman–Crippen LogP) is 7.93. The summed E-state index contributed by atoms with van der Waals surface area (Å²) in [6.45, 7) is 1.94. The van der Waals surface area contributed by atoms with E-state index in [1.165, 1.54) is 11.8 Å². The lowest BCUT2D eigenvalue weighted by atomic mass is 10.1.